The summed E-state index contributed by atoms with van der Waals surface area (Å²) in [5.74, 6) is -0.114. The van der Waals surface area contributed by atoms with Gasteiger partial charge in [-0.15, -0.1) is 0 Å². The first-order valence-electron chi connectivity index (χ1n) is 5.68. The third kappa shape index (κ3) is 4.18. The van der Waals surface area contributed by atoms with E-state index in [4.69, 9.17) is 0 Å². The van der Waals surface area contributed by atoms with Crippen LogP contribution in [0.5, 0.6) is 0 Å². The Kier molecular flexibility index (Phi) is 5.25. The Morgan fingerprint density at radius 2 is 2.31 bits per heavy atom. The molecular formula is C11H20N2O3. The lowest BCUT2D eigenvalue weighted by atomic mass is 10.0. The molecule has 0 aromatic heterocycles. The van der Waals surface area contributed by atoms with Crippen molar-refractivity contribution in [1.29, 1.82) is 0 Å². The molecule has 1 heterocycles. The van der Waals surface area contributed by atoms with E-state index in [0.29, 0.717) is 18.9 Å². The molecule has 0 aromatic rings. The second kappa shape index (κ2) is 6.48. The molecular weight excluding hydrogens is 208 g/mol. The first kappa shape index (κ1) is 13.0. The lowest BCUT2D eigenvalue weighted by molar-refractivity contribution is -0.144. The average Bonchev–Trinajstić information content (AvgIpc) is 2.77. The van der Waals surface area contributed by atoms with Crippen LogP contribution in [-0.4, -0.2) is 38.6 Å². The summed E-state index contributed by atoms with van der Waals surface area (Å²) in [5, 5.41) is 5.97. The molecule has 1 rings (SSSR count). The number of hydrogen-bond acceptors (Lipinski definition) is 4. The number of carbonyl (C=O) groups is 2. The van der Waals surface area contributed by atoms with Crippen molar-refractivity contribution < 1.29 is 14.3 Å². The molecule has 16 heavy (non-hydrogen) atoms. The largest absolute Gasteiger partial charge is 0.469 e. The Morgan fingerprint density at radius 1 is 1.56 bits per heavy atom. The Balaban J connectivity index is 2.16. The Morgan fingerprint density at radius 3 is 2.88 bits per heavy atom. The second-order valence-electron chi connectivity index (χ2n) is 4.29. The summed E-state index contributed by atoms with van der Waals surface area (Å²) in [6.45, 7) is 4.01. The van der Waals surface area contributed by atoms with Crippen molar-refractivity contribution in [1.82, 2.24) is 10.6 Å². The summed E-state index contributed by atoms with van der Waals surface area (Å²) >= 11 is 0. The minimum absolute atomic E-state index is 0.0180. The maximum atomic E-state index is 11.5. The van der Waals surface area contributed by atoms with Gasteiger partial charge < -0.3 is 15.4 Å². The van der Waals surface area contributed by atoms with Crippen LogP contribution < -0.4 is 10.6 Å². The van der Waals surface area contributed by atoms with Crippen molar-refractivity contribution >= 4 is 11.9 Å². The third-order valence-electron chi connectivity index (χ3n) is 2.85. The average molecular weight is 228 g/mol. The standard InChI is InChI=1S/C11H20N2O3/c1-8(11(15)16-2)6-13-10(14)5-9-3-4-12-7-9/h8-9,12H,3-7H2,1-2H3,(H,13,14)/t8?,9-/m0/s1. The second-order valence-corrected chi connectivity index (χ2v) is 4.29. The monoisotopic (exact) mass is 228 g/mol. The molecule has 1 unspecified atom stereocenters. The van der Waals surface area contributed by atoms with Gasteiger partial charge in [-0.2, -0.15) is 0 Å². The van der Waals surface area contributed by atoms with Crippen molar-refractivity contribution in [2.45, 2.75) is 19.8 Å². The number of rotatable bonds is 5. The van der Waals surface area contributed by atoms with Crippen molar-refractivity contribution in [3.05, 3.63) is 0 Å². The van der Waals surface area contributed by atoms with Crippen LogP contribution in [0.4, 0.5) is 0 Å². The fraction of sp³-hybridized carbons (Fsp3) is 0.818. The molecule has 0 spiro atoms. The van der Waals surface area contributed by atoms with E-state index >= 15 is 0 Å². The van der Waals surface area contributed by atoms with E-state index in [0.717, 1.165) is 19.5 Å². The molecule has 1 aliphatic heterocycles. The van der Waals surface area contributed by atoms with Gasteiger partial charge in [0.15, 0.2) is 0 Å². The predicted octanol–water partition coefficient (Wildman–Crippen LogP) is -0.0887. The van der Waals surface area contributed by atoms with Crippen LogP contribution in [0.1, 0.15) is 19.8 Å². The summed E-state index contributed by atoms with van der Waals surface area (Å²) in [5.41, 5.74) is 0. The van der Waals surface area contributed by atoms with Crippen LogP contribution >= 0.6 is 0 Å². The SMILES string of the molecule is COC(=O)C(C)CNC(=O)C[C@@H]1CCNC1. The zero-order valence-corrected chi connectivity index (χ0v) is 9.91. The minimum Gasteiger partial charge on any atom is -0.469 e. The van der Waals surface area contributed by atoms with Crippen LogP contribution in [-0.2, 0) is 14.3 Å². The van der Waals surface area contributed by atoms with E-state index < -0.39 is 0 Å². The van der Waals surface area contributed by atoms with Gasteiger partial charge in [0, 0.05) is 13.0 Å². The maximum absolute atomic E-state index is 11.5. The van der Waals surface area contributed by atoms with Crippen LogP contribution in [0.3, 0.4) is 0 Å². The number of hydrogen-bond donors (Lipinski definition) is 2. The smallest absolute Gasteiger partial charge is 0.310 e. The molecule has 5 nitrogen and oxygen atoms in total. The number of carbonyl (C=O) groups excluding carboxylic acids is 2. The molecule has 0 bridgehead atoms. The molecule has 1 amide bonds. The zero-order chi connectivity index (χ0) is 12.0. The minimum atomic E-state index is -0.289. The molecule has 5 heteroatoms. The lowest BCUT2D eigenvalue weighted by Gasteiger charge is -2.12. The number of nitrogens with one attached hydrogen (secondary N) is 2. The maximum Gasteiger partial charge on any atom is 0.310 e. The Hall–Kier alpha value is -1.10. The number of ether oxygens (including phenoxy) is 1. The molecule has 0 aromatic carbocycles. The Bertz CT molecular complexity index is 250. The van der Waals surface area contributed by atoms with Gasteiger partial charge in [-0.25, -0.2) is 0 Å². The highest BCUT2D eigenvalue weighted by Gasteiger charge is 2.19. The number of amides is 1. The van der Waals surface area contributed by atoms with Gasteiger partial charge in [0.05, 0.1) is 13.0 Å². The molecule has 2 atom stereocenters. The zero-order valence-electron chi connectivity index (χ0n) is 9.91. The van der Waals surface area contributed by atoms with Gasteiger partial charge >= 0.3 is 5.97 Å². The van der Waals surface area contributed by atoms with E-state index in [1.165, 1.54) is 7.11 Å². The fourth-order valence-electron chi connectivity index (χ4n) is 1.77. The van der Waals surface area contributed by atoms with Crippen molar-refractivity contribution in [2.24, 2.45) is 11.8 Å². The molecule has 0 saturated carbocycles. The first-order valence-corrected chi connectivity index (χ1v) is 5.68. The van der Waals surface area contributed by atoms with Crippen LogP contribution in [0.25, 0.3) is 0 Å². The Labute approximate surface area is 95.9 Å². The molecule has 0 radical (unpaired) electrons. The van der Waals surface area contributed by atoms with Crippen LogP contribution in [0.15, 0.2) is 0 Å². The molecule has 1 aliphatic rings. The van der Waals surface area contributed by atoms with Crippen molar-refractivity contribution in [3.8, 4) is 0 Å². The number of methoxy groups -OCH3 is 1. The molecule has 92 valence electrons. The van der Waals surface area contributed by atoms with E-state index in [2.05, 4.69) is 15.4 Å². The highest BCUT2D eigenvalue weighted by molar-refractivity contribution is 5.77. The van der Waals surface area contributed by atoms with E-state index in [1.807, 2.05) is 0 Å². The van der Waals surface area contributed by atoms with Crippen molar-refractivity contribution in [3.63, 3.8) is 0 Å². The van der Waals surface area contributed by atoms with Gasteiger partial charge in [-0.1, -0.05) is 6.92 Å². The van der Waals surface area contributed by atoms with E-state index in [9.17, 15) is 9.59 Å². The van der Waals surface area contributed by atoms with Gasteiger partial charge in [0.2, 0.25) is 5.91 Å². The number of esters is 1. The molecule has 1 saturated heterocycles. The fourth-order valence-corrected chi connectivity index (χ4v) is 1.77. The van der Waals surface area contributed by atoms with Crippen LogP contribution in [0.2, 0.25) is 0 Å². The summed E-state index contributed by atoms with van der Waals surface area (Å²) in [6, 6.07) is 0. The van der Waals surface area contributed by atoms with Crippen LogP contribution in [0, 0.1) is 11.8 Å². The summed E-state index contributed by atoms with van der Waals surface area (Å²) < 4.78 is 4.58. The van der Waals surface area contributed by atoms with Gasteiger partial charge in [0.25, 0.3) is 0 Å². The molecule has 2 N–H and O–H groups in total. The predicted molar refractivity (Wildman–Crippen MR) is 59.8 cm³/mol. The summed E-state index contributed by atoms with van der Waals surface area (Å²) in [7, 11) is 1.35. The normalized spacial score (nSPS) is 21.5. The van der Waals surface area contributed by atoms with Gasteiger partial charge in [-0.3, -0.25) is 9.59 Å². The highest BCUT2D eigenvalue weighted by Crippen LogP contribution is 2.11. The first-order chi connectivity index (χ1) is 7.63. The lowest BCUT2D eigenvalue weighted by Crippen LogP contribution is -2.33. The summed E-state index contributed by atoms with van der Waals surface area (Å²) in [6.07, 6.45) is 1.60. The van der Waals surface area contributed by atoms with Gasteiger partial charge in [-0.05, 0) is 25.4 Å². The van der Waals surface area contributed by atoms with Gasteiger partial charge in [0.1, 0.15) is 0 Å². The highest BCUT2D eigenvalue weighted by atomic mass is 16.5. The molecule has 1 fully saturated rings. The molecule has 0 aliphatic carbocycles. The quantitative estimate of drug-likeness (QED) is 0.645. The third-order valence-corrected chi connectivity index (χ3v) is 2.85. The topological polar surface area (TPSA) is 67.4 Å². The summed E-state index contributed by atoms with van der Waals surface area (Å²) in [4.78, 5) is 22.6. The van der Waals surface area contributed by atoms with Crippen molar-refractivity contribution in [2.75, 3.05) is 26.7 Å². The van der Waals surface area contributed by atoms with E-state index in [1.54, 1.807) is 6.92 Å². The van der Waals surface area contributed by atoms with E-state index in [-0.39, 0.29) is 17.8 Å².